The summed E-state index contributed by atoms with van der Waals surface area (Å²) in [5.41, 5.74) is 1.35. The predicted octanol–water partition coefficient (Wildman–Crippen LogP) is 2.06. The molecule has 2 aliphatic rings. The number of fused-ring (bicyclic) bond motifs is 1. The van der Waals surface area contributed by atoms with Crippen molar-refractivity contribution >= 4 is 11.6 Å². The summed E-state index contributed by atoms with van der Waals surface area (Å²) in [4.78, 5) is 23.7. The maximum atomic E-state index is 11.9. The van der Waals surface area contributed by atoms with Gasteiger partial charge in [0.15, 0.2) is 11.6 Å². The molecule has 0 spiro atoms. The van der Waals surface area contributed by atoms with Gasteiger partial charge >= 0.3 is 0 Å². The molecule has 0 amide bonds. The molecule has 0 saturated heterocycles. The molecule has 74 valence electrons. The summed E-state index contributed by atoms with van der Waals surface area (Å²) < 4.78 is 0. The number of hydrogen-bond acceptors (Lipinski definition) is 2. The van der Waals surface area contributed by atoms with Crippen molar-refractivity contribution in [3.63, 3.8) is 0 Å². The molecule has 0 unspecified atom stereocenters. The standard InChI is InChI=1S/C12H14O2/c1-7-8(2)12(14)10-6-4-3-5-9(10)11(7)13/h3-4,9-10H,5-6H2,1-2H3/t9-,10-/m0/s1. The first-order chi connectivity index (χ1) is 6.63. The van der Waals surface area contributed by atoms with Crippen molar-refractivity contribution in [1.29, 1.82) is 0 Å². The number of allylic oxidation sites excluding steroid dienone is 4. The maximum Gasteiger partial charge on any atom is 0.163 e. The number of ketones is 2. The highest BCUT2D eigenvalue weighted by Crippen LogP contribution is 2.35. The molecule has 2 atom stereocenters. The summed E-state index contributed by atoms with van der Waals surface area (Å²) in [6.07, 6.45) is 5.50. The maximum absolute atomic E-state index is 11.9. The predicted molar refractivity (Wildman–Crippen MR) is 53.7 cm³/mol. The Balaban J connectivity index is 2.44. The molecule has 0 aromatic carbocycles. The van der Waals surface area contributed by atoms with Crippen LogP contribution in [-0.2, 0) is 9.59 Å². The fourth-order valence-corrected chi connectivity index (χ4v) is 2.32. The lowest BCUT2D eigenvalue weighted by Gasteiger charge is -2.31. The molecule has 0 bridgehead atoms. The van der Waals surface area contributed by atoms with Crippen molar-refractivity contribution in [2.24, 2.45) is 11.8 Å². The average Bonchev–Trinajstić information content (AvgIpc) is 2.23. The first-order valence-corrected chi connectivity index (χ1v) is 5.04. The third kappa shape index (κ3) is 1.17. The van der Waals surface area contributed by atoms with E-state index in [4.69, 9.17) is 0 Å². The molecule has 0 aliphatic heterocycles. The minimum Gasteiger partial charge on any atom is -0.294 e. The average molecular weight is 190 g/mol. The number of rotatable bonds is 0. The molecule has 2 nitrogen and oxygen atoms in total. The molecule has 0 aromatic heterocycles. The quantitative estimate of drug-likeness (QED) is 0.548. The zero-order valence-electron chi connectivity index (χ0n) is 8.54. The van der Waals surface area contributed by atoms with E-state index >= 15 is 0 Å². The number of carbonyl (C=O) groups excluding carboxylic acids is 2. The molecule has 0 heterocycles. The molecular weight excluding hydrogens is 176 g/mol. The van der Waals surface area contributed by atoms with E-state index in [1.807, 2.05) is 12.2 Å². The van der Waals surface area contributed by atoms with Crippen molar-refractivity contribution in [3.8, 4) is 0 Å². The minimum atomic E-state index is -0.0730. The van der Waals surface area contributed by atoms with Gasteiger partial charge in [-0.2, -0.15) is 0 Å². The Hall–Kier alpha value is -1.18. The smallest absolute Gasteiger partial charge is 0.163 e. The van der Waals surface area contributed by atoms with Crippen LogP contribution in [0.3, 0.4) is 0 Å². The van der Waals surface area contributed by atoms with Crippen LogP contribution < -0.4 is 0 Å². The zero-order chi connectivity index (χ0) is 10.3. The van der Waals surface area contributed by atoms with Crippen LogP contribution in [0.15, 0.2) is 23.3 Å². The second kappa shape index (κ2) is 3.19. The molecule has 0 N–H and O–H groups in total. The lowest BCUT2D eigenvalue weighted by atomic mass is 9.70. The summed E-state index contributed by atoms with van der Waals surface area (Å²) in [6, 6.07) is 0. The second-order valence-electron chi connectivity index (χ2n) is 4.13. The van der Waals surface area contributed by atoms with Crippen LogP contribution >= 0.6 is 0 Å². The summed E-state index contributed by atoms with van der Waals surface area (Å²) in [7, 11) is 0. The van der Waals surface area contributed by atoms with E-state index in [0.717, 1.165) is 12.8 Å². The molecule has 2 heteroatoms. The van der Waals surface area contributed by atoms with E-state index in [2.05, 4.69) is 0 Å². The summed E-state index contributed by atoms with van der Waals surface area (Å²) in [5.74, 6) is 0.209. The van der Waals surface area contributed by atoms with Crippen LogP contribution in [0.2, 0.25) is 0 Å². The van der Waals surface area contributed by atoms with E-state index in [9.17, 15) is 9.59 Å². The Morgan fingerprint density at radius 1 is 0.929 bits per heavy atom. The highest BCUT2D eigenvalue weighted by Gasteiger charge is 2.39. The van der Waals surface area contributed by atoms with E-state index < -0.39 is 0 Å². The van der Waals surface area contributed by atoms with Crippen LogP contribution in [0.4, 0.5) is 0 Å². The number of hydrogen-bond donors (Lipinski definition) is 0. The van der Waals surface area contributed by atoms with E-state index in [-0.39, 0.29) is 23.4 Å². The molecule has 0 radical (unpaired) electrons. The van der Waals surface area contributed by atoms with E-state index in [0.29, 0.717) is 11.1 Å². The third-order valence-electron chi connectivity index (χ3n) is 3.41. The SMILES string of the molecule is CC1=C(C)C(=O)[C@H]2CC=CC[C@@H]2C1=O. The first kappa shape index (κ1) is 9.38. The monoisotopic (exact) mass is 190 g/mol. The van der Waals surface area contributed by atoms with Gasteiger partial charge in [0.25, 0.3) is 0 Å². The Labute approximate surface area is 83.7 Å². The molecule has 14 heavy (non-hydrogen) atoms. The van der Waals surface area contributed by atoms with Crippen molar-refractivity contribution in [2.45, 2.75) is 26.7 Å². The molecular formula is C12H14O2. The molecule has 2 rings (SSSR count). The van der Waals surface area contributed by atoms with Crippen LogP contribution in [0.1, 0.15) is 26.7 Å². The van der Waals surface area contributed by atoms with Gasteiger partial charge in [-0.05, 0) is 37.8 Å². The van der Waals surface area contributed by atoms with Gasteiger partial charge in [-0.3, -0.25) is 9.59 Å². The van der Waals surface area contributed by atoms with Crippen molar-refractivity contribution < 1.29 is 9.59 Å². The molecule has 0 saturated carbocycles. The highest BCUT2D eigenvalue weighted by atomic mass is 16.1. The van der Waals surface area contributed by atoms with Gasteiger partial charge < -0.3 is 0 Å². The van der Waals surface area contributed by atoms with E-state index in [1.54, 1.807) is 13.8 Å². The van der Waals surface area contributed by atoms with Crippen LogP contribution in [0.25, 0.3) is 0 Å². The fourth-order valence-electron chi connectivity index (χ4n) is 2.32. The van der Waals surface area contributed by atoms with Gasteiger partial charge in [-0.25, -0.2) is 0 Å². The summed E-state index contributed by atoms with van der Waals surface area (Å²) in [5, 5.41) is 0. The van der Waals surface area contributed by atoms with Crippen LogP contribution in [-0.4, -0.2) is 11.6 Å². The zero-order valence-corrected chi connectivity index (χ0v) is 8.54. The number of Topliss-reactive ketones (excluding diaryl/α,β-unsaturated/α-hetero) is 2. The van der Waals surface area contributed by atoms with Gasteiger partial charge in [-0.15, -0.1) is 0 Å². The van der Waals surface area contributed by atoms with E-state index in [1.165, 1.54) is 0 Å². The first-order valence-electron chi connectivity index (χ1n) is 5.04. The van der Waals surface area contributed by atoms with Crippen molar-refractivity contribution in [3.05, 3.63) is 23.3 Å². The largest absolute Gasteiger partial charge is 0.294 e. The topological polar surface area (TPSA) is 34.1 Å². The molecule has 0 aromatic rings. The number of carbonyl (C=O) groups is 2. The lowest BCUT2D eigenvalue weighted by molar-refractivity contribution is -0.130. The normalized spacial score (nSPS) is 32.1. The minimum absolute atomic E-state index is 0.0730. The van der Waals surface area contributed by atoms with Gasteiger partial charge in [0.2, 0.25) is 0 Å². The van der Waals surface area contributed by atoms with Gasteiger partial charge in [0.1, 0.15) is 0 Å². The Morgan fingerprint density at radius 2 is 1.29 bits per heavy atom. The van der Waals surface area contributed by atoms with Crippen molar-refractivity contribution in [2.75, 3.05) is 0 Å². The third-order valence-corrected chi connectivity index (χ3v) is 3.41. The lowest BCUT2D eigenvalue weighted by Crippen LogP contribution is -2.37. The van der Waals surface area contributed by atoms with Crippen molar-refractivity contribution in [1.82, 2.24) is 0 Å². The highest BCUT2D eigenvalue weighted by molar-refractivity contribution is 6.13. The van der Waals surface area contributed by atoms with Gasteiger partial charge in [0, 0.05) is 11.8 Å². The van der Waals surface area contributed by atoms with Gasteiger partial charge in [0.05, 0.1) is 0 Å². The summed E-state index contributed by atoms with van der Waals surface area (Å²) >= 11 is 0. The molecule has 0 fully saturated rings. The fraction of sp³-hybridized carbons (Fsp3) is 0.500. The van der Waals surface area contributed by atoms with Crippen LogP contribution in [0, 0.1) is 11.8 Å². The Kier molecular flexibility index (Phi) is 2.14. The van der Waals surface area contributed by atoms with Gasteiger partial charge in [-0.1, -0.05) is 12.2 Å². The van der Waals surface area contributed by atoms with Crippen LogP contribution in [0.5, 0.6) is 0 Å². The molecule has 2 aliphatic carbocycles. The Bertz CT molecular complexity index is 327. The second-order valence-corrected chi connectivity index (χ2v) is 4.13. The Morgan fingerprint density at radius 3 is 1.64 bits per heavy atom. The summed E-state index contributed by atoms with van der Waals surface area (Å²) in [6.45, 7) is 3.54.